The summed E-state index contributed by atoms with van der Waals surface area (Å²) in [5, 5.41) is 0. The minimum atomic E-state index is -0.798. The Morgan fingerprint density at radius 3 is 1.93 bits per heavy atom. The Morgan fingerprint density at radius 2 is 1.38 bits per heavy atom. The highest BCUT2D eigenvalue weighted by Crippen LogP contribution is 2.20. The molecule has 0 aliphatic heterocycles. The normalized spacial score (nSPS) is 13.0. The van der Waals surface area contributed by atoms with Crippen LogP contribution in [0.3, 0.4) is 0 Å². The van der Waals surface area contributed by atoms with Crippen LogP contribution < -0.4 is 0 Å². The van der Waals surface area contributed by atoms with Gasteiger partial charge < -0.3 is 14.2 Å². The third kappa shape index (κ3) is 12.3. The molecule has 1 aromatic rings. The van der Waals surface area contributed by atoms with E-state index in [4.69, 9.17) is 14.2 Å². The fraction of sp³-hybridized carbons (Fsp3) is 0.750. The predicted octanol–water partition coefficient (Wildman–Crippen LogP) is 7.17. The molecule has 0 aliphatic rings. The Labute approximate surface area is 176 Å². The van der Waals surface area contributed by atoms with Gasteiger partial charge in [0.25, 0.3) is 6.48 Å². The minimum absolute atomic E-state index is 0.0551. The molecular weight excluding hydrogens is 374 g/mol. The van der Waals surface area contributed by atoms with E-state index < -0.39 is 18.1 Å². The van der Waals surface area contributed by atoms with E-state index in [9.17, 15) is 8.78 Å². The first kappa shape index (κ1) is 26.0. The second-order valence-corrected chi connectivity index (χ2v) is 8.27. The lowest BCUT2D eigenvalue weighted by molar-refractivity contribution is -0.326. The van der Waals surface area contributed by atoms with E-state index in [-0.39, 0.29) is 18.3 Å². The van der Waals surface area contributed by atoms with Crippen molar-refractivity contribution in [3.63, 3.8) is 0 Å². The van der Waals surface area contributed by atoms with E-state index in [1.807, 2.05) is 27.7 Å². The van der Waals surface area contributed by atoms with E-state index in [0.29, 0.717) is 12.0 Å². The summed E-state index contributed by atoms with van der Waals surface area (Å²) in [6.45, 7) is 9.10. The smallest absolute Gasteiger partial charge is 0.272 e. The summed E-state index contributed by atoms with van der Waals surface area (Å²) in [7, 11) is 0. The van der Waals surface area contributed by atoms with Crippen LogP contribution in [-0.2, 0) is 20.6 Å². The average molecular weight is 415 g/mol. The summed E-state index contributed by atoms with van der Waals surface area (Å²) >= 11 is 0. The first-order valence-corrected chi connectivity index (χ1v) is 11.2. The molecule has 0 amide bonds. The summed E-state index contributed by atoms with van der Waals surface area (Å²) in [5.41, 5.74) is 0.451. The lowest BCUT2D eigenvalue weighted by atomic mass is 10.0. The molecule has 0 bridgehead atoms. The summed E-state index contributed by atoms with van der Waals surface area (Å²) < 4.78 is 45.0. The summed E-state index contributed by atoms with van der Waals surface area (Å²) in [6.07, 6.45) is 9.16. The maximum atomic E-state index is 14.2. The molecule has 0 radical (unpaired) electrons. The number of ether oxygens (including phenoxy) is 3. The third-order valence-corrected chi connectivity index (χ3v) is 4.66. The largest absolute Gasteiger partial charge is 0.327 e. The standard InChI is InChI=1S/C24H40F2O3/c1-6-7-8-9-10-11-12-13-22(16-20-14-15-21(25)17-23(20)26)29-24(27-18(2)3)28-19(4)5/h14-15,17-19,22,24H,6-13,16H2,1-5H3. The predicted molar refractivity (Wildman–Crippen MR) is 114 cm³/mol. The van der Waals surface area contributed by atoms with Crippen molar-refractivity contribution in [3.05, 3.63) is 35.4 Å². The highest BCUT2D eigenvalue weighted by Gasteiger charge is 2.22. The lowest BCUT2D eigenvalue weighted by Crippen LogP contribution is -2.32. The molecule has 1 unspecified atom stereocenters. The number of unbranched alkanes of at least 4 members (excludes halogenated alkanes) is 6. The number of hydrogen-bond acceptors (Lipinski definition) is 3. The van der Waals surface area contributed by atoms with Crippen molar-refractivity contribution in [2.45, 2.75) is 117 Å². The first-order chi connectivity index (χ1) is 13.8. The molecule has 0 saturated heterocycles. The van der Waals surface area contributed by atoms with Crippen molar-refractivity contribution in [1.82, 2.24) is 0 Å². The molecule has 0 spiro atoms. The summed E-state index contributed by atoms with van der Waals surface area (Å²) in [6, 6.07) is 3.70. The molecule has 0 fully saturated rings. The molecule has 3 nitrogen and oxygen atoms in total. The number of rotatable bonds is 16. The van der Waals surface area contributed by atoms with Gasteiger partial charge in [-0.2, -0.15) is 0 Å². The summed E-state index contributed by atoms with van der Waals surface area (Å²) in [4.78, 5) is 0. The second kappa shape index (κ2) is 14.9. The van der Waals surface area contributed by atoms with Crippen LogP contribution in [0.4, 0.5) is 8.78 Å². The molecule has 1 rings (SSSR count). The van der Waals surface area contributed by atoms with E-state index in [2.05, 4.69) is 6.92 Å². The molecule has 5 heteroatoms. The number of benzene rings is 1. The van der Waals surface area contributed by atoms with Crippen LogP contribution in [0, 0.1) is 11.6 Å². The van der Waals surface area contributed by atoms with Crippen LogP contribution in [0.15, 0.2) is 18.2 Å². The monoisotopic (exact) mass is 414 g/mol. The van der Waals surface area contributed by atoms with Gasteiger partial charge in [-0.25, -0.2) is 8.78 Å². The van der Waals surface area contributed by atoms with Crippen LogP contribution in [-0.4, -0.2) is 24.8 Å². The number of halogens is 2. The van der Waals surface area contributed by atoms with Crippen LogP contribution in [0.1, 0.15) is 91.5 Å². The quantitative estimate of drug-likeness (QED) is 0.212. The van der Waals surface area contributed by atoms with Crippen LogP contribution in [0.5, 0.6) is 0 Å². The van der Waals surface area contributed by atoms with Gasteiger partial charge in [0, 0.05) is 12.5 Å². The third-order valence-electron chi connectivity index (χ3n) is 4.66. The maximum Gasteiger partial charge on any atom is 0.272 e. The lowest BCUT2D eigenvalue weighted by Gasteiger charge is -2.28. The van der Waals surface area contributed by atoms with Crippen LogP contribution in [0.2, 0.25) is 0 Å². The highest BCUT2D eigenvalue weighted by atomic mass is 19.1. The first-order valence-electron chi connectivity index (χ1n) is 11.2. The van der Waals surface area contributed by atoms with Gasteiger partial charge in [-0.05, 0) is 45.7 Å². The van der Waals surface area contributed by atoms with Crippen molar-refractivity contribution in [1.29, 1.82) is 0 Å². The van der Waals surface area contributed by atoms with Gasteiger partial charge in [0.15, 0.2) is 0 Å². The van der Waals surface area contributed by atoms with E-state index in [1.165, 1.54) is 44.2 Å². The molecule has 0 aromatic heterocycles. The van der Waals surface area contributed by atoms with Crippen molar-refractivity contribution in [3.8, 4) is 0 Å². The Balaban J connectivity index is 2.69. The van der Waals surface area contributed by atoms with Crippen LogP contribution >= 0.6 is 0 Å². The number of hydrogen-bond donors (Lipinski definition) is 0. The van der Waals surface area contributed by atoms with Crippen molar-refractivity contribution >= 4 is 0 Å². The molecule has 0 N–H and O–H groups in total. The fourth-order valence-electron chi connectivity index (χ4n) is 3.18. The molecule has 0 saturated carbocycles. The van der Waals surface area contributed by atoms with E-state index >= 15 is 0 Å². The Kier molecular flexibility index (Phi) is 13.3. The van der Waals surface area contributed by atoms with Gasteiger partial charge in [0.1, 0.15) is 11.6 Å². The van der Waals surface area contributed by atoms with Crippen molar-refractivity contribution in [2.75, 3.05) is 0 Å². The molecule has 1 atom stereocenters. The van der Waals surface area contributed by atoms with E-state index in [0.717, 1.165) is 25.3 Å². The Bertz CT molecular complexity index is 539. The van der Waals surface area contributed by atoms with Gasteiger partial charge in [-0.1, -0.05) is 57.9 Å². The minimum Gasteiger partial charge on any atom is -0.327 e. The molecule has 0 heterocycles. The van der Waals surface area contributed by atoms with Gasteiger partial charge >= 0.3 is 0 Å². The van der Waals surface area contributed by atoms with E-state index in [1.54, 1.807) is 0 Å². The summed E-state index contributed by atoms with van der Waals surface area (Å²) in [5.74, 6) is -1.11. The maximum absolute atomic E-state index is 14.2. The zero-order valence-electron chi connectivity index (χ0n) is 18.9. The molecular formula is C24H40F2O3. The average Bonchev–Trinajstić information content (AvgIpc) is 2.62. The second-order valence-electron chi connectivity index (χ2n) is 8.27. The van der Waals surface area contributed by atoms with Crippen LogP contribution in [0.25, 0.3) is 0 Å². The molecule has 0 aliphatic carbocycles. The zero-order chi connectivity index (χ0) is 21.6. The molecule has 29 heavy (non-hydrogen) atoms. The molecule has 1 aromatic carbocycles. The SMILES string of the molecule is CCCCCCCCCC(Cc1ccc(F)cc1F)OC(OC(C)C)OC(C)C. The van der Waals surface area contributed by atoms with Crippen molar-refractivity contribution in [2.24, 2.45) is 0 Å². The van der Waals surface area contributed by atoms with Gasteiger partial charge in [0.05, 0.1) is 18.3 Å². The fourth-order valence-corrected chi connectivity index (χ4v) is 3.18. The Hall–Kier alpha value is -1.04. The molecule has 168 valence electrons. The highest BCUT2D eigenvalue weighted by molar-refractivity contribution is 5.19. The zero-order valence-corrected chi connectivity index (χ0v) is 18.9. The van der Waals surface area contributed by atoms with Gasteiger partial charge in [-0.3, -0.25) is 0 Å². The Morgan fingerprint density at radius 1 is 0.793 bits per heavy atom. The van der Waals surface area contributed by atoms with Crippen molar-refractivity contribution < 1.29 is 23.0 Å². The van der Waals surface area contributed by atoms with Gasteiger partial charge in [-0.15, -0.1) is 0 Å². The topological polar surface area (TPSA) is 27.7 Å². The van der Waals surface area contributed by atoms with Gasteiger partial charge in [0.2, 0.25) is 0 Å².